The molecule has 0 unspecified atom stereocenters. The quantitative estimate of drug-likeness (QED) is 0.375. The molecule has 1 aromatic carbocycles. The zero-order valence-electron chi connectivity index (χ0n) is 8.24. The summed E-state index contributed by atoms with van der Waals surface area (Å²) in [7, 11) is 0. The third kappa shape index (κ3) is 2.90. The second-order valence-electron chi connectivity index (χ2n) is 3.14. The minimum absolute atomic E-state index is 0.309. The van der Waals surface area contributed by atoms with Crippen molar-refractivity contribution < 1.29 is 4.79 Å². The molecule has 0 bridgehead atoms. The molecule has 14 heavy (non-hydrogen) atoms. The summed E-state index contributed by atoms with van der Waals surface area (Å²) in [4.78, 5) is 13.7. The van der Waals surface area contributed by atoms with Crippen molar-refractivity contribution in [3.8, 4) is 11.8 Å². The summed E-state index contributed by atoms with van der Waals surface area (Å²) in [5.41, 5.74) is 1.35. The van der Waals surface area contributed by atoms with Crippen molar-refractivity contribution in [2.24, 2.45) is 10.9 Å². The Labute approximate surface area is 83.7 Å². The first-order chi connectivity index (χ1) is 6.74. The summed E-state index contributed by atoms with van der Waals surface area (Å²) in [5.74, 6) is 6.30. The van der Waals surface area contributed by atoms with Gasteiger partial charge in [0.25, 0.3) is 0 Å². The number of carbonyl (C=O) groups excluding carboxylic acids is 1. The Morgan fingerprint density at radius 1 is 1.29 bits per heavy atom. The summed E-state index contributed by atoms with van der Waals surface area (Å²) in [6.45, 7) is 4.03. The third-order valence-corrected chi connectivity index (χ3v) is 1.57. The lowest BCUT2D eigenvalue weighted by Crippen LogP contribution is -1.80. The topological polar surface area (TPSA) is 29.4 Å². The van der Waals surface area contributed by atoms with Crippen LogP contribution in [0.15, 0.2) is 29.3 Å². The van der Waals surface area contributed by atoms with Crippen LogP contribution in [0.1, 0.15) is 19.4 Å². The molecule has 2 nitrogen and oxygen atoms in total. The third-order valence-electron chi connectivity index (χ3n) is 1.57. The average Bonchev–Trinajstić information content (AvgIpc) is 2.17. The van der Waals surface area contributed by atoms with Gasteiger partial charge in [-0.25, -0.2) is 4.79 Å². The molecule has 0 aliphatic heterocycles. The van der Waals surface area contributed by atoms with Gasteiger partial charge in [-0.05, 0) is 12.1 Å². The number of para-hydroxylation sites is 1. The highest BCUT2D eigenvalue weighted by molar-refractivity contribution is 5.59. The van der Waals surface area contributed by atoms with E-state index in [1.807, 2.05) is 32.0 Å². The lowest BCUT2D eigenvalue weighted by molar-refractivity contribution is 0.565. The van der Waals surface area contributed by atoms with Crippen molar-refractivity contribution in [3.63, 3.8) is 0 Å². The van der Waals surface area contributed by atoms with Crippen molar-refractivity contribution in [1.29, 1.82) is 0 Å². The van der Waals surface area contributed by atoms with Gasteiger partial charge >= 0.3 is 0 Å². The van der Waals surface area contributed by atoms with Crippen molar-refractivity contribution in [1.82, 2.24) is 0 Å². The van der Waals surface area contributed by atoms with Crippen molar-refractivity contribution in [2.75, 3.05) is 0 Å². The van der Waals surface area contributed by atoms with Gasteiger partial charge in [0, 0.05) is 5.92 Å². The fourth-order valence-electron chi connectivity index (χ4n) is 0.948. The number of aliphatic imine (C=N–C) groups is 1. The molecule has 0 amide bonds. The second kappa shape index (κ2) is 5.01. The van der Waals surface area contributed by atoms with Gasteiger partial charge in [-0.2, -0.15) is 4.99 Å². The number of hydrogen-bond acceptors (Lipinski definition) is 2. The maximum Gasteiger partial charge on any atom is 0.240 e. The highest BCUT2D eigenvalue weighted by Crippen LogP contribution is 2.16. The summed E-state index contributed by atoms with van der Waals surface area (Å²) in [6, 6.07) is 7.27. The van der Waals surface area contributed by atoms with Crippen molar-refractivity contribution >= 4 is 11.8 Å². The van der Waals surface area contributed by atoms with Gasteiger partial charge in [-0.15, -0.1) is 0 Å². The number of rotatable bonds is 1. The molecule has 0 radical (unpaired) electrons. The van der Waals surface area contributed by atoms with Crippen LogP contribution < -0.4 is 0 Å². The van der Waals surface area contributed by atoms with Gasteiger partial charge in [-0.3, -0.25) is 0 Å². The Kier molecular flexibility index (Phi) is 3.67. The molecule has 0 saturated carbocycles. The highest BCUT2D eigenvalue weighted by Gasteiger charge is 1.95. The van der Waals surface area contributed by atoms with Crippen molar-refractivity contribution in [2.45, 2.75) is 13.8 Å². The van der Waals surface area contributed by atoms with E-state index in [0.717, 1.165) is 5.56 Å². The smallest absolute Gasteiger partial charge is 0.211 e. The van der Waals surface area contributed by atoms with Gasteiger partial charge in [0.1, 0.15) is 0 Å². The second-order valence-corrected chi connectivity index (χ2v) is 3.14. The van der Waals surface area contributed by atoms with Crippen molar-refractivity contribution in [3.05, 3.63) is 29.8 Å². The van der Waals surface area contributed by atoms with Crippen LogP contribution in [0.4, 0.5) is 5.69 Å². The largest absolute Gasteiger partial charge is 0.240 e. The van der Waals surface area contributed by atoms with Gasteiger partial charge < -0.3 is 0 Å². The van der Waals surface area contributed by atoms with E-state index in [1.54, 1.807) is 6.07 Å². The van der Waals surface area contributed by atoms with Crippen LogP contribution in [-0.2, 0) is 4.79 Å². The van der Waals surface area contributed by atoms with E-state index in [9.17, 15) is 4.79 Å². The first-order valence-electron chi connectivity index (χ1n) is 4.42. The summed E-state index contributed by atoms with van der Waals surface area (Å²) >= 11 is 0. The Morgan fingerprint density at radius 3 is 2.64 bits per heavy atom. The van der Waals surface area contributed by atoms with E-state index in [0.29, 0.717) is 11.6 Å². The molecule has 0 heterocycles. The van der Waals surface area contributed by atoms with Crippen LogP contribution in [0.3, 0.4) is 0 Å². The highest BCUT2D eigenvalue weighted by atomic mass is 16.1. The number of benzene rings is 1. The molecular formula is C12H11NO. The first-order valence-corrected chi connectivity index (χ1v) is 4.42. The summed E-state index contributed by atoms with van der Waals surface area (Å²) < 4.78 is 0. The van der Waals surface area contributed by atoms with Crippen LogP contribution in [0, 0.1) is 17.8 Å². The van der Waals surface area contributed by atoms with Crippen LogP contribution in [0.25, 0.3) is 0 Å². The molecule has 1 aromatic rings. The van der Waals surface area contributed by atoms with Crippen LogP contribution in [-0.4, -0.2) is 6.08 Å². The Hall–Kier alpha value is -1.84. The zero-order chi connectivity index (χ0) is 10.4. The number of nitrogens with zero attached hydrogens (tertiary/aromatic N) is 1. The Balaban J connectivity index is 3.09. The minimum atomic E-state index is 0.309. The lowest BCUT2D eigenvalue weighted by atomic mass is 10.1. The normalized spacial score (nSPS) is 8.79. The molecule has 0 N–H and O–H groups in total. The molecule has 0 atom stereocenters. The van der Waals surface area contributed by atoms with Gasteiger partial charge in [0.15, 0.2) is 0 Å². The van der Waals surface area contributed by atoms with E-state index in [-0.39, 0.29) is 0 Å². The van der Waals surface area contributed by atoms with Gasteiger partial charge in [0.2, 0.25) is 6.08 Å². The summed E-state index contributed by atoms with van der Waals surface area (Å²) in [5, 5.41) is 0. The first kappa shape index (κ1) is 10.2. The Morgan fingerprint density at radius 2 is 2.00 bits per heavy atom. The standard InChI is InChI=1S/C12H11NO/c1-10(2)7-8-11-5-3-4-6-12(11)13-9-14/h3-6,10H,1-2H3. The van der Waals surface area contributed by atoms with Gasteiger partial charge in [0.05, 0.1) is 11.3 Å². The molecule has 70 valence electrons. The summed E-state index contributed by atoms with van der Waals surface area (Å²) in [6.07, 6.45) is 1.52. The molecule has 0 saturated heterocycles. The molecule has 0 aliphatic carbocycles. The molecule has 0 fully saturated rings. The molecular weight excluding hydrogens is 174 g/mol. The fourth-order valence-corrected chi connectivity index (χ4v) is 0.948. The SMILES string of the molecule is CC(C)C#Cc1ccccc1N=C=O. The molecule has 0 aliphatic rings. The van der Waals surface area contributed by atoms with E-state index in [1.165, 1.54) is 6.08 Å². The number of isocyanates is 1. The monoisotopic (exact) mass is 185 g/mol. The lowest BCUT2D eigenvalue weighted by Gasteiger charge is -1.94. The van der Waals surface area contributed by atoms with Gasteiger partial charge in [-0.1, -0.05) is 37.8 Å². The molecule has 0 aromatic heterocycles. The van der Waals surface area contributed by atoms with E-state index >= 15 is 0 Å². The van der Waals surface area contributed by atoms with E-state index in [2.05, 4.69) is 16.8 Å². The maximum absolute atomic E-state index is 10.1. The predicted octanol–water partition coefficient (Wildman–Crippen LogP) is 2.66. The molecule has 2 heteroatoms. The predicted molar refractivity (Wildman–Crippen MR) is 55.9 cm³/mol. The zero-order valence-corrected chi connectivity index (χ0v) is 8.24. The molecule has 1 rings (SSSR count). The van der Waals surface area contributed by atoms with E-state index < -0.39 is 0 Å². The maximum atomic E-state index is 10.1. The average molecular weight is 185 g/mol. The molecule has 0 spiro atoms. The Bertz CT molecular complexity index is 417. The van der Waals surface area contributed by atoms with E-state index in [4.69, 9.17) is 0 Å². The van der Waals surface area contributed by atoms with Crippen LogP contribution >= 0.6 is 0 Å². The fraction of sp³-hybridized carbons (Fsp3) is 0.250. The van der Waals surface area contributed by atoms with Crippen LogP contribution in [0.5, 0.6) is 0 Å². The van der Waals surface area contributed by atoms with Crippen LogP contribution in [0.2, 0.25) is 0 Å². The minimum Gasteiger partial charge on any atom is -0.211 e. The number of hydrogen-bond donors (Lipinski definition) is 0.